The highest BCUT2D eigenvalue weighted by Crippen LogP contribution is 2.51. The fourth-order valence-electron chi connectivity index (χ4n) is 10.9. The second-order valence-electron chi connectivity index (χ2n) is 19.8. The molecule has 0 fully saturated rings. The molecule has 0 atom stereocenters. The van der Waals surface area contributed by atoms with Crippen molar-refractivity contribution in [3.63, 3.8) is 0 Å². The summed E-state index contributed by atoms with van der Waals surface area (Å²) in [6.07, 6.45) is 0. The highest BCUT2D eigenvalue weighted by Gasteiger charge is 2.41. The van der Waals surface area contributed by atoms with Crippen LogP contribution in [0.25, 0.3) is 43.1 Å². The number of hydrogen-bond donors (Lipinski definition) is 0. The lowest BCUT2D eigenvalue weighted by Crippen LogP contribution is -2.42. The molecule has 70 heavy (non-hydrogen) atoms. The van der Waals surface area contributed by atoms with Crippen LogP contribution in [0.2, 0.25) is 0 Å². The Labute approximate surface area is 408 Å². The van der Waals surface area contributed by atoms with Crippen molar-refractivity contribution < 1.29 is 19.2 Å². The maximum Gasteiger partial charge on any atom is 0.266 e. The van der Waals surface area contributed by atoms with Crippen LogP contribution < -0.4 is 9.80 Å². The Kier molecular flexibility index (Phi) is 10.6. The number of imide groups is 2. The molecule has 0 N–H and O–H groups in total. The van der Waals surface area contributed by atoms with Gasteiger partial charge in [0.1, 0.15) is 0 Å². The molecule has 0 radical (unpaired) electrons. The third-order valence-electron chi connectivity index (χ3n) is 14.2. The van der Waals surface area contributed by atoms with Gasteiger partial charge in [0.05, 0.1) is 22.5 Å². The Morgan fingerprint density at radius 2 is 0.657 bits per heavy atom. The van der Waals surface area contributed by atoms with E-state index in [1.807, 2.05) is 133 Å². The Morgan fingerprint density at radius 3 is 0.986 bits per heavy atom. The maximum absolute atomic E-state index is 15.5. The first-order valence-corrected chi connectivity index (χ1v) is 24.2. The molecular formula is C64H50N2O4. The number of para-hydroxylation sites is 2. The second kappa shape index (κ2) is 16.7. The molecule has 2 heterocycles. The summed E-state index contributed by atoms with van der Waals surface area (Å²) in [7, 11) is 0. The quantitative estimate of drug-likeness (QED) is 0.0721. The normalized spacial score (nSPS) is 13.5. The molecule has 0 saturated heterocycles. The molecule has 6 nitrogen and oxygen atoms in total. The summed E-state index contributed by atoms with van der Waals surface area (Å²) < 4.78 is 0. The summed E-state index contributed by atoms with van der Waals surface area (Å²) in [5, 5.41) is 5.43. The van der Waals surface area contributed by atoms with Gasteiger partial charge in [-0.3, -0.25) is 19.2 Å². The van der Waals surface area contributed by atoms with Crippen molar-refractivity contribution >= 4 is 78.1 Å². The third kappa shape index (κ3) is 6.66. The van der Waals surface area contributed by atoms with E-state index in [2.05, 4.69) is 79.1 Å². The first-order valence-electron chi connectivity index (χ1n) is 24.2. The fourth-order valence-corrected chi connectivity index (χ4v) is 10.9. The first kappa shape index (κ1) is 44.2. The zero-order chi connectivity index (χ0) is 48.9. The standard InChI is InChI=1S/C64H50N2O4/c1-35(2)43-21-15-22-44(36(3)4)59(43)65-61(67)49-31-29-47-54-42(28-26-40-19-13-10-14-20-40)34-52-56-50(62(68)66(64(52)70)60-45(37(5)6)23-16-24-46(60)38(7)8)32-30-48(58(54)56)53-41(27-25-39-17-11-9-12-18-39)33-51(63(65)69)55(49)57(47)53/h9-24,29-38H,1-8H3. The van der Waals surface area contributed by atoms with E-state index in [1.54, 1.807) is 0 Å². The van der Waals surface area contributed by atoms with Crippen LogP contribution in [0.5, 0.6) is 0 Å². The highest BCUT2D eigenvalue weighted by atomic mass is 16.2. The monoisotopic (exact) mass is 910 g/mol. The van der Waals surface area contributed by atoms with Crippen molar-refractivity contribution in [1.29, 1.82) is 0 Å². The van der Waals surface area contributed by atoms with E-state index < -0.39 is 23.6 Å². The summed E-state index contributed by atoms with van der Waals surface area (Å²) in [6, 6.07) is 42.7. The molecule has 2 aliphatic rings. The number of fused-ring (bicyclic) bond motifs is 2. The van der Waals surface area contributed by atoms with Gasteiger partial charge in [0.2, 0.25) is 0 Å². The molecule has 9 aromatic rings. The largest absolute Gasteiger partial charge is 0.268 e. The average Bonchev–Trinajstić information content (AvgIpc) is 3.36. The molecule has 0 aromatic heterocycles. The maximum atomic E-state index is 15.5. The van der Waals surface area contributed by atoms with Crippen molar-refractivity contribution in [3.8, 4) is 23.7 Å². The predicted molar refractivity (Wildman–Crippen MR) is 284 cm³/mol. The minimum atomic E-state index is -0.419. The summed E-state index contributed by atoms with van der Waals surface area (Å²) in [4.78, 5) is 64.5. The van der Waals surface area contributed by atoms with Crippen LogP contribution in [0.4, 0.5) is 11.4 Å². The van der Waals surface area contributed by atoms with Crippen LogP contribution in [0.3, 0.4) is 0 Å². The van der Waals surface area contributed by atoms with Gasteiger partial charge in [0, 0.05) is 65.7 Å². The number of carbonyl (C=O) groups excluding carboxylic acids is 4. The van der Waals surface area contributed by atoms with Gasteiger partial charge in [-0.05, 0) is 105 Å². The zero-order valence-electron chi connectivity index (χ0n) is 40.5. The third-order valence-corrected chi connectivity index (χ3v) is 14.2. The number of anilines is 2. The van der Waals surface area contributed by atoms with Crippen LogP contribution >= 0.6 is 0 Å². The molecule has 340 valence electrons. The Hall–Kier alpha value is -8.32. The van der Waals surface area contributed by atoms with Gasteiger partial charge < -0.3 is 0 Å². The minimum absolute atomic E-state index is 0.0282. The molecule has 2 aliphatic heterocycles. The van der Waals surface area contributed by atoms with E-state index in [0.29, 0.717) is 66.3 Å². The van der Waals surface area contributed by atoms with Crippen LogP contribution in [-0.2, 0) is 0 Å². The molecule has 4 amide bonds. The summed E-state index contributed by atoms with van der Waals surface area (Å²) in [6.45, 7) is 16.6. The first-order chi connectivity index (χ1) is 33.8. The summed E-state index contributed by atoms with van der Waals surface area (Å²) in [5.41, 5.74) is 9.21. The predicted octanol–water partition coefficient (Wildman–Crippen LogP) is 14.6. The molecule has 0 bridgehead atoms. The van der Waals surface area contributed by atoms with Gasteiger partial charge >= 0.3 is 0 Å². The lowest BCUT2D eigenvalue weighted by atomic mass is 9.79. The number of carbonyl (C=O) groups is 4. The van der Waals surface area contributed by atoms with Gasteiger partial charge in [-0.1, -0.05) is 164 Å². The number of nitrogens with zero attached hydrogens (tertiary/aromatic N) is 2. The summed E-state index contributed by atoms with van der Waals surface area (Å²) in [5.74, 6) is 12.2. The molecule has 11 rings (SSSR count). The van der Waals surface area contributed by atoms with E-state index in [-0.39, 0.29) is 23.7 Å². The van der Waals surface area contributed by atoms with Crippen LogP contribution in [0, 0.1) is 23.7 Å². The van der Waals surface area contributed by atoms with Gasteiger partial charge in [-0.25, -0.2) is 9.80 Å². The van der Waals surface area contributed by atoms with Crippen molar-refractivity contribution in [1.82, 2.24) is 0 Å². The molecule has 0 spiro atoms. The van der Waals surface area contributed by atoms with Crippen LogP contribution in [0.1, 0.15) is 165 Å². The zero-order valence-corrected chi connectivity index (χ0v) is 40.5. The van der Waals surface area contributed by atoms with Gasteiger partial charge in [0.25, 0.3) is 23.6 Å². The number of benzene rings is 9. The van der Waals surface area contributed by atoms with Gasteiger partial charge in [-0.2, -0.15) is 0 Å². The van der Waals surface area contributed by atoms with Crippen molar-refractivity contribution in [2.24, 2.45) is 0 Å². The Balaban J connectivity index is 1.28. The Bertz CT molecular complexity index is 3570. The minimum Gasteiger partial charge on any atom is -0.268 e. The van der Waals surface area contributed by atoms with E-state index in [4.69, 9.17) is 0 Å². The lowest BCUT2D eigenvalue weighted by Gasteiger charge is -2.34. The van der Waals surface area contributed by atoms with E-state index in [1.165, 1.54) is 9.80 Å². The van der Waals surface area contributed by atoms with Crippen LogP contribution in [0.15, 0.2) is 133 Å². The van der Waals surface area contributed by atoms with Crippen molar-refractivity contribution in [3.05, 3.63) is 200 Å². The van der Waals surface area contributed by atoms with Crippen molar-refractivity contribution in [2.75, 3.05) is 9.80 Å². The average molecular weight is 911 g/mol. The molecule has 0 saturated carbocycles. The van der Waals surface area contributed by atoms with Crippen LogP contribution in [-0.4, -0.2) is 23.6 Å². The molecule has 0 unspecified atom stereocenters. The number of hydrogen-bond acceptors (Lipinski definition) is 4. The molecule has 6 heteroatoms. The number of rotatable bonds is 6. The fraction of sp³-hybridized carbons (Fsp3) is 0.188. The van der Waals surface area contributed by atoms with Gasteiger partial charge in [-0.15, -0.1) is 0 Å². The molecule has 9 aromatic carbocycles. The second-order valence-corrected chi connectivity index (χ2v) is 19.8. The summed E-state index contributed by atoms with van der Waals surface area (Å²) >= 11 is 0. The molecule has 0 aliphatic carbocycles. The molecular weight excluding hydrogens is 861 g/mol. The van der Waals surface area contributed by atoms with Gasteiger partial charge in [0.15, 0.2) is 0 Å². The van der Waals surface area contributed by atoms with E-state index >= 15 is 19.2 Å². The number of amides is 4. The highest BCUT2D eigenvalue weighted by molar-refractivity contribution is 6.46. The smallest absolute Gasteiger partial charge is 0.266 e. The SMILES string of the molecule is CC(C)c1cccc(C(C)C)c1N1C(=O)c2ccc3c4c(C#Cc5ccccc5)cc5c6c(ccc(c7c(C#Cc8ccccc8)cc(c2c37)C1=O)c64)C(=O)N(c1c(C(C)C)cccc1C(C)C)C5=O. The lowest BCUT2D eigenvalue weighted by molar-refractivity contribution is 0.0877. The van der Waals surface area contributed by atoms with E-state index in [0.717, 1.165) is 54.9 Å². The topological polar surface area (TPSA) is 74.8 Å². The Morgan fingerprint density at radius 1 is 0.329 bits per heavy atom. The van der Waals surface area contributed by atoms with Crippen molar-refractivity contribution in [2.45, 2.75) is 79.1 Å². The van der Waals surface area contributed by atoms with E-state index in [9.17, 15) is 0 Å².